The van der Waals surface area contributed by atoms with Gasteiger partial charge < -0.3 is 9.73 Å². The van der Waals surface area contributed by atoms with Crippen LogP contribution in [0.25, 0.3) is 11.5 Å². The Morgan fingerprint density at radius 2 is 1.90 bits per heavy atom. The van der Waals surface area contributed by atoms with Crippen molar-refractivity contribution in [3.8, 4) is 11.5 Å². The van der Waals surface area contributed by atoms with Crippen molar-refractivity contribution in [3.63, 3.8) is 0 Å². The number of alkyl halides is 3. The molecule has 1 aromatic carbocycles. The van der Waals surface area contributed by atoms with E-state index >= 15 is 0 Å². The van der Waals surface area contributed by atoms with Crippen molar-refractivity contribution < 1.29 is 26.8 Å². The molecular weight excluding hydrogens is 422 g/mol. The van der Waals surface area contributed by atoms with Gasteiger partial charge in [0.1, 0.15) is 17.2 Å². The maximum Gasteiger partial charge on any atom is 0.433 e. The lowest BCUT2D eigenvalue weighted by Gasteiger charge is -2.09. The molecule has 0 aliphatic carbocycles. The molecule has 158 valence electrons. The lowest BCUT2D eigenvalue weighted by molar-refractivity contribution is -0.141. The van der Waals surface area contributed by atoms with Gasteiger partial charge in [-0.3, -0.25) is 4.79 Å². The molecule has 0 bridgehead atoms. The minimum Gasteiger partial charge on any atom is -0.463 e. The van der Waals surface area contributed by atoms with Gasteiger partial charge in [-0.15, -0.1) is 0 Å². The van der Waals surface area contributed by atoms with Crippen LogP contribution < -0.4 is 5.32 Å². The van der Waals surface area contributed by atoms with Gasteiger partial charge in [0.25, 0.3) is 0 Å². The molecule has 3 rings (SSSR count). The molecule has 0 aliphatic rings. The molecule has 1 amide bonds. The second-order valence-corrected chi connectivity index (χ2v) is 7.31. The summed E-state index contributed by atoms with van der Waals surface area (Å²) in [7, 11) is 0. The van der Waals surface area contributed by atoms with Crippen LogP contribution in [0.15, 0.2) is 58.3 Å². The Kier molecular flexibility index (Phi) is 7.09. The summed E-state index contributed by atoms with van der Waals surface area (Å²) in [5.41, 5.74) is -0.243. The van der Waals surface area contributed by atoms with Crippen molar-refractivity contribution in [2.45, 2.75) is 30.7 Å². The van der Waals surface area contributed by atoms with Gasteiger partial charge in [0.05, 0.1) is 6.26 Å². The molecule has 0 spiro atoms. The minimum absolute atomic E-state index is 0.0389. The Bertz CT molecular complexity index is 977. The summed E-state index contributed by atoms with van der Waals surface area (Å²) in [6, 6.07) is 9.69. The standard InChI is InChI=1S/C20H17F4N3O2S/c21-14-7-5-13(6-8-14)12-25-18(28)4-2-10-30-19-26-15(16-3-1-9-29-16)11-17(27-19)20(22,23)24/h1,3,5-9,11H,2,4,10,12H2,(H,25,28). The van der Waals surface area contributed by atoms with Crippen molar-refractivity contribution in [1.29, 1.82) is 0 Å². The van der Waals surface area contributed by atoms with Gasteiger partial charge in [0.15, 0.2) is 10.9 Å². The number of hydrogen-bond acceptors (Lipinski definition) is 5. The fourth-order valence-electron chi connectivity index (χ4n) is 2.47. The first-order valence-electron chi connectivity index (χ1n) is 8.95. The average Bonchev–Trinajstić information content (AvgIpc) is 3.25. The van der Waals surface area contributed by atoms with Crippen LogP contribution in [0.1, 0.15) is 24.1 Å². The smallest absolute Gasteiger partial charge is 0.433 e. The molecular formula is C20H17F4N3O2S. The number of nitrogens with zero attached hydrogens (tertiary/aromatic N) is 2. The van der Waals surface area contributed by atoms with Gasteiger partial charge in [-0.25, -0.2) is 14.4 Å². The fraction of sp³-hybridized carbons (Fsp3) is 0.250. The first-order valence-corrected chi connectivity index (χ1v) is 9.94. The van der Waals surface area contributed by atoms with Crippen molar-refractivity contribution in [2.24, 2.45) is 0 Å². The SMILES string of the molecule is O=C(CCCSc1nc(-c2ccco2)cc(C(F)(F)F)n1)NCc1ccc(F)cc1. The van der Waals surface area contributed by atoms with Crippen LogP contribution >= 0.6 is 11.8 Å². The van der Waals surface area contributed by atoms with Crippen LogP contribution in [0.5, 0.6) is 0 Å². The molecule has 2 heterocycles. The number of carbonyl (C=O) groups is 1. The third kappa shape index (κ3) is 6.31. The highest BCUT2D eigenvalue weighted by Crippen LogP contribution is 2.32. The number of benzene rings is 1. The van der Waals surface area contributed by atoms with E-state index in [1.165, 1.54) is 24.5 Å². The van der Waals surface area contributed by atoms with Gasteiger partial charge in [0.2, 0.25) is 5.91 Å². The van der Waals surface area contributed by atoms with E-state index in [1.807, 2.05) is 0 Å². The second kappa shape index (κ2) is 9.75. The molecule has 0 radical (unpaired) electrons. The molecule has 0 saturated carbocycles. The third-order valence-corrected chi connectivity index (χ3v) is 4.89. The van der Waals surface area contributed by atoms with Gasteiger partial charge in [-0.05, 0) is 42.3 Å². The summed E-state index contributed by atoms with van der Waals surface area (Å²) >= 11 is 1.03. The zero-order chi connectivity index (χ0) is 21.6. The number of aromatic nitrogens is 2. The summed E-state index contributed by atoms with van der Waals surface area (Å²) in [5.74, 6) is 0.0169. The van der Waals surface area contributed by atoms with Crippen LogP contribution in [-0.2, 0) is 17.5 Å². The Balaban J connectivity index is 1.52. The maximum absolute atomic E-state index is 13.1. The normalized spacial score (nSPS) is 11.5. The van der Waals surface area contributed by atoms with Crippen LogP contribution in [0.4, 0.5) is 17.6 Å². The number of halogens is 4. The number of furan rings is 1. The van der Waals surface area contributed by atoms with E-state index in [-0.39, 0.29) is 41.3 Å². The summed E-state index contributed by atoms with van der Waals surface area (Å²) in [4.78, 5) is 19.6. The molecule has 3 aromatic rings. The topological polar surface area (TPSA) is 68.0 Å². The number of thioether (sulfide) groups is 1. The lowest BCUT2D eigenvalue weighted by atomic mass is 10.2. The predicted octanol–water partition coefficient (Wildman–Crippen LogP) is 5.08. The second-order valence-electron chi connectivity index (χ2n) is 6.25. The quantitative estimate of drug-likeness (QED) is 0.229. The molecule has 0 saturated heterocycles. The summed E-state index contributed by atoms with van der Waals surface area (Å²) < 4.78 is 57.4. The maximum atomic E-state index is 13.1. The van der Waals surface area contributed by atoms with Gasteiger partial charge in [-0.2, -0.15) is 13.2 Å². The molecule has 0 fully saturated rings. The number of hydrogen-bond donors (Lipinski definition) is 1. The van der Waals surface area contributed by atoms with E-state index in [1.54, 1.807) is 18.2 Å². The number of nitrogens with one attached hydrogen (secondary N) is 1. The summed E-state index contributed by atoms with van der Waals surface area (Å²) in [5, 5.41) is 2.67. The Morgan fingerprint density at radius 3 is 2.57 bits per heavy atom. The largest absolute Gasteiger partial charge is 0.463 e. The minimum atomic E-state index is -4.61. The molecule has 1 N–H and O–H groups in total. The monoisotopic (exact) mass is 439 g/mol. The molecule has 2 aromatic heterocycles. The van der Waals surface area contributed by atoms with Gasteiger partial charge in [0, 0.05) is 18.7 Å². The zero-order valence-electron chi connectivity index (χ0n) is 15.6. The van der Waals surface area contributed by atoms with Gasteiger partial charge >= 0.3 is 6.18 Å². The molecule has 30 heavy (non-hydrogen) atoms. The van der Waals surface area contributed by atoms with E-state index in [9.17, 15) is 22.4 Å². The molecule has 0 aliphatic heterocycles. The molecule has 0 unspecified atom stereocenters. The van der Waals surface area contributed by atoms with Crippen LogP contribution in [0.3, 0.4) is 0 Å². The molecule has 5 nitrogen and oxygen atoms in total. The summed E-state index contributed by atoms with van der Waals surface area (Å²) in [6.45, 7) is 0.273. The zero-order valence-corrected chi connectivity index (χ0v) is 16.4. The first kappa shape index (κ1) is 21.8. The van der Waals surface area contributed by atoms with E-state index in [0.717, 1.165) is 23.4 Å². The van der Waals surface area contributed by atoms with E-state index in [0.29, 0.717) is 12.2 Å². The Hall–Kier alpha value is -2.88. The Labute approximate surface area is 173 Å². The Morgan fingerprint density at radius 1 is 1.13 bits per heavy atom. The van der Waals surface area contributed by atoms with Crippen LogP contribution in [0.2, 0.25) is 0 Å². The highest BCUT2D eigenvalue weighted by molar-refractivity contribution is 7.99. The van der Waals surface area contributed by atoms with E-state index in [2.05, 4.69) is 15.3 Å². The highest BCUT2D eigenvalue weighted by atomic mass is 32.2. The molecule has 10 heteroatoms. The fourth-order valence-corrected chi connectivity index (χ4v) is 3.27. The van der Waals surface area contributed by atoms with E-state index < -0.39 is 11.9 Å². The van der Waals surface area contributed by atoms with E-state index in [4.69, 9.17) is 4.42 Å². The number of carbonyl (C=O) groups excluding carboxylic acids is 1. The van der Waals surface area contributed by atoms with Crippen molar-refractivity contribution in [3.05, 3.63) is 65.8 Å². The first-order chi connectivity index (χ1) is 14.3. The average molecular weight is 439 g/mol. The highest BCUT2D eigenvalue weighted by Gasteiger charge is 2.34. The van der Waals surface area contributed by atoms with Crippen molar-refractivity contribution in [2.75, 3.05) is 5.75 Å². The predicted molar refractivity (Wildman–Crippen MR) is 103 cm³/mol. The van der Waals surface area contributed by atoms with Gasteiger partial charge in [-0.1, -0.05) is 23.9 Å². The number of rotatable bonds is 8. The van der Waals surface area contributed by atoms with Crippen molar-refractivity contribution >= 4 is 17.7 Å². The number of amides is 1. The lowest BCUT2D eigenvalue weighted by Crippen LogP contribution is -2.22. The molecule has 0 atom stereocenters. The third-order valence-electron chi connectivity index (χ3n) is 3.95. The van der Waals surface area contributed by atoms with Crippen molar-refractivity contribution in [1.82, 2.24) is 15.3 Å². The van der Waals surface area contributed by atoms with Crippen LogP contribution in [-0.4, -0.2) is 21.6 Å². The summed E-state index contributed by atoms with van der Waals surface area (Å²) in [6.07, 6.45) is -2.64. The van der Waals surface area contributed by atoms with Crippen LogP contribution in [0, 0.1) is 5.82 Å².